The molecule has 2 heterocycles. The summed E-state index contributed by atoms with van der Waals surface area (Å²) in [6.45, 7) is 5.43. The Balaban J connectivity index is 1.59. The summed E-state index contributed by atoms with van der Waals surface area (Å²) in [5.74, 6) is -0.0637. The molecule has 0 aliphatic carbocycles. The first kappa shape index (κ1) is 22.2. The number of nitrogens with zero attached hydrogens (tertiary/aromatic N) is 1. The third-order valence-electron chi connectivity index (χ3n) is 7.90. The summed E-state index contributed by atoms with van der Waals surface area (Å²) in [6.07, 6.45) is 5.79. The van der Waals surface area contributed by atoms with E-state index in [-0.39, 0.29) is 11.0 Å². The maximum Gasteiger partial charge on any atom is 0.326 e. The third-order valence-corrected chi connectivity index (χ3v) is 12.4. The molecule has 0 saturated carbocycles. The molecule has 2 aromatic rings. The van der Waals surface area contributed by atoms with Crippen molar-refractivity contribution < 1.29 is 14.3 Å². The molecule has 4 nitrogen and oxygen atoms in total. The lowest BCUT2D eigenvalue weighted by Gasteiger charge is -2.42. The van der Waals surface area contributed by atoms with Crippen LogP contribution in [0.5, 0.6) is 0 Å². The summed E-state index contributed by atoms with van der Waals surface area (Å²) in [5, 5.41) is 1.86. The number of esters is 1. The molecule has 0 spiro atoms. The molecule has 0 radical (unpaired) electrons. The molecule has 31 heavy (non-hydrogen) atoms. The normalized spacial score (nSPS) is 24.2. The SMILES string of the molecule is COC(=O)C12CCCN1C(CCC(C)(C)[Si](O)(c1ccccc1)c1ccccc1)CC2. The number of ether oxygens (including phenoxy) is 1. The second-order valence-electron chi connectivity index (χ2n) is 9.88. The average molecular weight is 438 g/mol. The van der Waals surface area contributed by atoms with Crippen LogP contribution in [-0.2, 0) is 9.53 Å². The number of carbonyl (C=O) groups is 1. The van der Waals surface area contributed by atoms with Gasteiger partial charge >= 0.3 is 5.97 Å². The van der Waals surface area contributed by atoms with Gasteiger partial charge in [-0.15, -0.1) is 0 Å². The Hall–Kier alpha value is -1.95. The molecule has 1 N–H and O–H groups in total. The van der Waals surface area contributed by atoms with Crippen molar-refractivity contribution in [2.45, 2.75) is 69.0 Å². The van der Waals surface area contributed by atoms with Crippen LogP contribution in [0.4, 0.5) is 0 Å². The Labute approximate surface area is 187 Å². The lowest BCUT2D eigenvalue weighted by atomic mass is 9.94. The van der Waals surface area contributed by atoms with Crippen LogP contribution in [0.1, 0.15) is 52.4 Å². The van der Waals surface area contributed by atoms with Gasteiger partial charge in [-0.05, 0) is 60.5 Å². The quantitative estimate of drug-likeness (QED) is 0.532. The minimum absolute atomic E-state index is 0.0637. The number of fused-ring (bicyclic) bond motifs is 1. The van der Waals surface area contributed by atoms with Crippen molar-refractivity contribution in [3.63, 3.8) is 0 Å². The van der Waals surface area contributed by atoms with Crippen molar-refractivity contribution >= 4 is 24.7 Å². The number of hydrogen-bond donors (Lipinski definition) is 1. The van der Waals surface area contributed by atoms with E-state index in [9.17, 15) is 9.59 Å². The highest BCUT2D eigenvalue weighted by molar-refractivity contribution is 6.98. The second-order valence-corrected chi connectivity index (χ2v) is 13.8. The highest BCUT2D eigenvalue weighted by Crippen LogP contribution is 2.47. The topological polar surface area (TPSA) is 49.8 Å². The predicted octanol–water partition coefficient (Wildman–Crippen LogP) is 3.47. The van der Waals surface area contributed by atoms with Gasteiger partial charge < -0.3 is 9.53 Å². The van der Waals surface area contributed by atoms with E-state index in [1.54, 1.807) is 0 Å². The van der Waals surface area contributed by atoms with E-state index in [4.69, 9.17) is 4.74 Å². The van der Waals surface area contributed by atoms with E-state index >= 15 is 0 Å². The molecule has 0 aromatic heterocycles. The molecule has 0 bridgehead atoms. The monoisotopic (exact) mass is 437 g/mol. The Bertz CT molecular complexity index is 862. The van der Waals surface area contributed by atoms with Gasteiger partial charge in [0.25, 0.3) is 8.32 Å². The molecule has 2 fully saturated rings. The molecule has 2 aliphatic rings. The van der Waals surface area contributed by atoms with Crippen molar-refractivity contribution in [2.24, 2.45) is 0 Å². The largest absolute Gasteiger partial charge is 0.468 e. The Morgan fingerprint density at radius 1 is 1.10 bits per heavy atom. The fourth-order valence-electron chi connectivity index (χ4n) is 6.09. The van der Waals surface area contributed by atoms with Gasteiger partial charge in [0.2, 0.25) is 0 Å². The van der Waals surface area contributed by atoms with Crippen molar-refractivity contribution in [1.82, 2.24) is 4.90 Å². The van der Waals surface area contributed by atoms with Crippen LogP contribution in [0.15, 0.2) is 60.7 Å². The van der Waals surface area contributed by atoms with Crippen molar-refractivity contribution in [3.05, 3.63) is 60.7 Å². The first-order valence-electron chi connectivity index (χ1n) is 11.5. The van der Waals surface area contributed by atoms with Gasteiger partial charge in [-0.1, -0.05) is 74.5 Å². The summed E-state index contributed by atoms with van der Waals surface area (Å²) in [6, 6.07) is 20.8. The van der Waals surface area contributed by atoms with Gasteiger partial charge in [0, 0.05) is 6.04 Å². The third kappa shape index (κ3) is 3.67. The Morgan fingerprint density at radius 3 is 2.23 bits per heavy atom. The summed E-state index contributed by atoms with van der Waals surface area (Å²) >= 11 is 0. The molecule has 2 unspecified atom stereocenters. The average Bonchev–Trinajstić information content (AvgIpc) is 3.38. The predicted molar refractivity (Wildman–Crippen MR) is 127 cm³/mol. The summed E-state index contributed by atoms with van der Waals surface area (Å²) in [7, 11) is -1.48. The first-order valence-corrected chi connectivity index (χ1v) is 13.5. The fraction of sp³-hybridized carbons (Fsp3) is 0.500. The molecule has 2 aliphatic heterocycles. The number of benzene rings is 2. The van der Waals surface area contributed by atoms with E-state index < -0.39 is 13.9 Å². The van der Waals surface area contributed by atoms with Gasteiger partial charge in [-0.3, -0.25) is 9.69 Å². The van der Waals surface area contributed by atoms with Crippen LogP contribution in [0, 0.1) is 0 Å². The zero-order chi connectivity index (χ0) is 22.1. The van der Waals surface area contributed by atoms with E-state index in [2.05, 4.69) is 43.0 Å². The van der Waals surface area contributed by atoms with Gasteiger partial charge in [0.15, 0.2) is 0 Å². The molecule has 166 valence electrons. The van der Waals surface area contributed by atoms with E-state index in [0.717, 1.165) is 55.4 Å². The molecule has 2 saturated heterocycles. The van der Waals surface area contributed by atoms with E-state index in [1.165, 1.54) is 7.11 Å². The second kappa shape index (κ2) is 8.53. The highest BCUT2D eigenvalue weighted by atomic mass is 28.4. The smallest absolute Gasteiger partial charge is 0.326 e. The molecular formula is C26H35NO3Si. The molecular weight excluding hydrogens is 402 g/mol. The van der Waals surface area contributed by atoms with Gasteiger partial charge in [0.05, 0.1) is 7.11 Å². The number of carbonyl (C=O) groups excluding carboxylic acids is 1. The lowest BCUT2D eigenvalue weighted by Crippen LogP contribution is -2.65. The van der Waals surface area contributed by atoms with Crippen LogP contribution < -0.4 is 10.4 Å². The molecule has 2 atom stereocenters. The van der Waals surface area contributed by atoms with Crippen LogP contribution in [-0.4, -0.2) is 49.2 Å². The number of hydrogen-bond acceptors (Lipinski definition) is 4. The van der Waals surface area contributed by atoms with Crippen LogP contribution in [0.2, 0.25) is 5.04 Å². The molecule has 0 amide bonds. The van der Waals surface area contributed by atoms with E-state index in [0.29, 0.717) is 6.04 Å². The number of methoxy groups -OCH3 is 1. The molecule has 5 heteroatoms. The zero-order valence-electron chi connectivity index (χ0n) is 19.0. The van der Waals surface area contributed by atoms with Gasteiger partial charge in [-0.2, -0.15) is 0 Å². The Kier molecular flexibility index (Phi) is 6.12. The maximum absolute atomic E-state index is 12.6. The van der Waals surface area contributed by atoms with Gasteiger partial charge in [-0.25, -0.2) is 0 Å². The van der Waals surface area contributed by atoms with E-state index in [1.807, 2.05) is 36.4 Å². The van der Waals surface area contributed by atoms with Gasteiger partial charge in [0.1, 0.15) is 5.54 Å². The Morgan fingerprint density at radius 2 is 1.68 bits per heavy atom. The van der Waals surface area contributed by atoms with Crippen molar-refractivity contribution in [3.8, 4) is 0 Å². The first-order chi connectivity index (χ1) is 14.8. The maximum atomic E-state index is 12.6. The zero-order valence-corrected chi connectivity index (χ0v) is 20.0. The summed E-state index contributed by atoms with van der Waals surface area (Å²) in [4.78, 5) is 27.4. The summed E-state index contributed by atoms with van der Waals surface area (Å²) in [5.41, 5.74) is -0.407. The van der Waals surface area contributed by atoms with Crippen LogP contribution >= 0.6 is 0 Å². The number of rotatable bonds is 7. The standard InChI is InChI=1S/C26H35NO3Si/c1-25(2,18-15-21-16-19-26(24(28)30-3)17-10-20-27(21)26)31(29,22-11-6-4-7-12-22)23-13-8-5-9-14-23/h4-9,11-14,21,29H,10,15-20H2,1-3H3. The molecule has 4 rings (SSSR count). The highest BCUT2D eigenvalue weighted by Gasteiger charge is 2.56. The summed E-state index contributed by atoms with van der Waals surface area (Å²) < 4.78 is 5.19. The molecule has 2 aromatic carbocycles. The van der Waals surface area contributed by atoms with Crippen molar-refractivity contribution in [1.29, 1.82) is 0 Å². The minimum Gasteiger partial charge on any atom is -0.468 e. The van der Waals surface area contributed by atoms with Crippen LogP contribution in [0.25, 0.3) is 0 Å². The van der Waals surface area contributed by atoms with Crippen LogP contribution in [0.3, 0.4) is 0 Å². The minimum atomic E-state index is -2.99. The van der Waals surface area contributed by atoms with Crippen molar-refractivity contribution in [2.75, 3.05) is 13.7 Å². The lowest BCUT2D eigenvalue weighted by molar-refractivity contribution is -0.152. The fourth-order valence-corrected chi connectivity index (χ4v) is 9.84.